The van der Waals surface area contributed by atoms with E-state index in [4.69, 9.17) is 0 Å². The van der Waals surface area contributed by atoms with Gasteiger partial charge in [0.2, 0.25) is 0 Å². The number of halogens is 4. The Morgan fingerprint density at radius 3 is 2.58 bits per heavy atom. The van der Waals surface area contributed by atoms with Crippen molar-refractivity contribution in [2.24, 2.45) is 0 Å². The fraction of sp³-hybridized carbons (Fsp3) is 0.143. The lowest BCUT2D eigenvalue weighted by Crippen LogP contribution is -2.05. The Balaban J connectivity index is 2.25. The van der Waals surface area contributed by atoms with E-state index in [1.54, 1.807) is 12.1 Å². The van der Waals surface area contributed by atoms with Gasteiger partial charge in [-0.25, -0.2) is 8.78 Å². The highest BCUT2D eigenvalue weighted by Gasteiger charge is 2.15. The first-order chi connectivity index (χ1) is 8.97. The van der Waals surface area contributed by atoms with Crippen LogP contribution in [0.4, 0.5) is 8.78 Å². The van der Waals surface area contributed by atoms with Gasteiger partial charge >= 0.3 is 0 Å². The predicted octanol–water partition coefficient (Wildman–Crippen LogP) is 4.61. The van der Waals surface area contributed by atoms with Crippen molar-refractivity contribution in [1.82, 2.24) is 0 Å². The van der Waals surface area contributed by atoms with Crippen LogP contribution in [0.3, 0.4) is 0 Å². The zero-order valence-corrected chi connectivity index (χ0v) is 13.5. The topological polar surface area (TPSA) is 20.2 Å². The lowest BCUT2D eigenvalue weighted by Gasteiger charge is -2.14. The summed E-state index contributed by atoms with van der Waals surface area (Å²) in [4.78, 5) is 0. The van der Waals surface area contributed by atoms with Gasteiger partial charge in [-0.1, -0.05) is 22.0 Å². The molecule has 1 nitrogen and oxygen atoms in total. The van der Waals surface area contributed by atoms with Crippen molar-refractivity contribution in [2.45, 2.75) is 12.5 Å². The van der Waals surface area contributed by atoms with Crippen molar-refractivity contribution < 1.29 is 13.9 Å². The summed E-state index contributed by atoms with van der Waals surface area (Å²) in [6.45, 7) is 0. The van der Waals surface area contributed by atoms with Crippen molar-refractivity contribution in [3.8, 4) is 0 Å². The molecule has 0 aliphatic heterocycles. The fourth-order valence-electron chi connectivity index (χ4n) is 1.79. The van der Waals surface area contributed by atoms with Crippen LogP contribution < -0.4 is 0 Å². The lowest BCUT2D eigenvalue weighted by molar-refractivity contribution is 0.176. The van der Waals surface area contributed by atoms with E-state index in [2.05, 4.69) is 15.9 Å². The van der Waals surface area contributed by atoms with Gasteiger partial charge in [0.25, 0.3) is 0 Å². The molecule has 1 N–H and O–H groups in total. The van der Waals surface area contributed by atoms with Gasteiger partial charge < -0.3 is 5.11 Å². The normalized spacial score (nSPS) is 12.5. The molecule has 0 aliphatic rings. The molecule has 1 atom stereocenters. The number of aliphatic hydroxyl groups excluding tert-OH is 1. The Morgan fingerprint density at radius 1 is 1.16 bits per heavy atom. The standard InChI is InChI=1S/C14H10BrF2IO/c15-9-1-4-12(17)8(5-9)6-14(19)11-3-2-10(16)7-13(11)18/h1-5,7,14,19H,6H2. The molecule has 0 saturated carbocycles. The number of hydrogen-bond donors (Lipinski definition) is 1. The third-order valence-electron chi connectivity index (χ3n) is 2.74. The summed E-state index contributed by atoms with van der Waals surface area (Å²) in [5.41, 5.74) is 1.02. The first kappa shape index (κ1) is 14.9. The summed E-state index contributed by atoms with van der Waals surface area (Å²) in [5.74, 6) is -0.714. The Bertz CT molecular complexity index is 604. The van der Waals surface area contributed by atoms with Crippen molar-refractivity contribution in [2.75, 3.05) is 0 Å². The van der Waals surface area contributed by atoms with Gasteiger partial charge in [-0.15, -0.1) is 0 Å². The zero-order valence-electron chi connectivity index (χ0n) is 9.71. The van der Waals surface area contributed by atoms with Gasteiger partial charge in [-0.3, -0.25) is 0 Å². The predicted molar refractivity (Wildman–Crippen MR) is 81.9 cm³/mol. The molecular formula is C14H10BrF2IO. The van der Waals surface area contributed by atoms with Crippen molar-refractivity contribution in [3.63, 3.8) is 0 Å². The SMILES string of the molecule is OC(Cc1cc(Br)ccc1F)c1ccc(F)cc1I. The minimum absolute atomic E-state index is 0.146. The molecule has 2 aromatic rings. The number of aliphatic hydroxyl groups is 1. The third-order valence-corrected chi connectivity index (χ3v) is 4.17. The molecular weight excluding hydrogens is 429 g/mol. The van der Waals surface area contributed by atoms with E-state index in [9.17, 15) is 13.9 Å². The second-order valence-corrected chi connectivity index (χ2v) is 6.20. The van der Waals surface area contributed by atoms with E-state index in [0.717, 1.165) is 4.47 Å². The Labute approximate surface area is 131 Å². The van der Waals surface area contributed by atoms with Crippen LogP contribution in [-0.4, -0.2) is 5.11 Å². The molecule has 0 amide bonds. The van der Waals surface area contributed by atoms with Crippen LogP contribution in [0.2, 0.25) is 0 Å². The second-order valence-electron chi connectivity index (χ2n) is 4.12. The van der Waals surface area contributed by atoms with E-state index in [-0.39, 0.29) is 18.1 Å². The minimum atomic E-state index is -0.865. The van der Waals surface area contributed by atoms with Gasteiger partial charge in [0.1, 0.15) is 11.6 Å². The molecule has 0 spiro atoms. The third kappa shape index (κ3) is 3.73. The molecule has 0 bridgehead atoms. The molecule has 2 rings (SSSR count). The highest BCUT2D eigenvalue weighted by Crippen LogP contribution is 2.26. The Kier molecular flexibility index (Phi) is 4.92. The summed E-state index contributed by atoms with van der Waals surface area (Å²) in [5, 5.41) is 10.2. The molecule has 19 heavy (non-hydrogen) atoms. The molecule has 2 aromatic carbocycles. The molecule has 0 fully saturated rings. The molecule has 1 unspecified atom stereocenters. The number of hydrogen-bond acceptors (Lipinski definition) is 1. The number of rotatable bonds is 3. The summed E-state index contributed by atoms with van der Waals surface area (Å²) in [7, 11) is 0. The first-order valence-corrected chi connectivity index (χ1v) is 7.41. The zero-order chi connectivity index (χ0) is 14.0. The van der Waals surface area contributed by atoms with E-state index in [1.807, 2.05) is 22.6 Å². The monoisotopic (exact) mass is 438 g/mol. The molecule has 0 heterocycles. The van der Waals surface area contributed by atoms with Crippen LogP contribution in [-0.2, 0) is 6.42 Å². The largest absolute Gasteiger partial charge is 0.388 e. The maximum atomic E-state index is 13.6. The maximum absolute atomic E-state index is 13.6. The summed E-state index contributed by atoms with van der Waals surface area (Å²) >= 11 is 5.22. The lowest BCUT2D eigenvalue weighted by atomic mass is 10.0. The second kappa shape index (κ2) is 6.28. The van der Waals surface area contributed by atoms with E-state index < -0.39 is 6.10 Å². The van der Waals surface area contributed by atoms with Gasteiger partial charge in [0, 0.05) is 14.5 Å². The maximum Gasteiger partial charge on any atom is 0.126 e. The quantitative estimate of drug-likeness (QED) is 0.694. The summed E-state index contributed by atoms with van der Waals surface area (Å²) in [6, 6.07) is 8.75. The molecule has 0 aliphatic carbocycles. The van der Waals surface area contributed by atoms with Gasteiger partial charge in [-0.2, -0.15) is 0 Å². The van der Waals surface area contributed by atoms with Gasteiger partial charge in [0.15, 0.2) is 0 Å². The van der Waals surface area contributed by atoms with E-state index in [0.29, 0.717) is 14.7 Å². The highest BCUT2D eigenvalue weighted by molar-refractivity contribution is 14.1. The Hall–Kier alpha value is -0.530. The smallest absolute Gasteiger partial charge is 0.126 e. The van der Waals surface area contributed by atoms with Crippen molar-refractivity contribution in [1.29, 1.82) is 0 Å². The molecule has 0 saturated heterocycles. The summed E-state index contributed by atoms with van der Waals surface area (Å²) in [6.07, 6.45) is -0.719. The highest BCUT2D eigenvalue weighted by atomic mass is 127. The molecule has 5 heteroatoms. The van der Waals surface area contributed by atoms with Crippen LogP contribution >= 0.6 is 38.5 Å². The van der Waals surface area contributed by atoms with Gasteiger partial charge in [-0.05, 0) is 64.0 Å². The average Bonchev–Trinajstić information content (AvgIpc) is 2.33. The van der Waals surface area contributed by atoms with Crippen LogP contribution in [0.15, 0.2) is 40.9 Å². The Morgan fingerprint density at radius 2 is 1.89 bits per heavy atom. The average molecular weight is 439 g/mol. The molecule has 0 aromatic heterocycles. The van der Waals surface area contributed by atoms with Crippen LogP contribution in [0, 0.1) is 15.2 Å². The fourth-order valence-corrected chi connectivity index (χ4v) is 3.03. The van der Waals surface area contributed by atoms with Crippen LogP contribution in [0.25, 0.3) is 0 Å². The van der Waals surface area contributed by atoms with Gasteiger partial charge in [0.05, 0.1) is 6.10 Å². The van der Waals surface area contributed by atoms with Crippen LogP contribution in [0.5, 0.6) is 0 Å². The molecule has 0 radical (unpaired) electrons. The van der Waals surface area contributed by atoms with Crippen molar-refractivity contribution >= 4 is 38.5 Å². The van der Waals surface area contributed by atoms with E-state index >= 15 is 0 Å². The first-order valence-electron chi connectivity index (χ1n) is 5.54. The van der Waals surface area contributed by atoms with Crippen molar-refractivity contribution in [3.05, 3.63) is 67.2 Å². The van der Waals surface area contributed by atoms with E-state index in [1.165, 1.54) is 24.3 Å². The minimum Gasteiger partial charge on any atom is -0.388 e. The van der Waals surface area contributed by atoms with Crippen LogP contribution in [0.1, 0.15) is 17.2 Å². The number of benzene rings is 2. The molecule has 100 valence electrons. The summed E-state index contributed by atoms with van der Waals surface area (Å²) < 4.78 is 28.0.